The first kappa shape index (κ1) is 20.8. The first-order valence-corrected chi connectivity index (χ1v) is 8.43. The van der Waals surface area contributed by atoms with Crippen molar-refractivity contribution in [3.8, 4) is 0 Å². The van der Waals surface area contributed by atoms with Crippen LogP contribution in [-0.4, -0.2) is 23.0 Å². The molecule has 2 aromatic rings. The van der Waals surface area contributed by atoms with Gasteiger partial charge < -0.3 is 10.4 Å². The maximum atomic E-state index is 12.6. The quantitative estimate of drug-likeness (QED) is 0.736. The number of halogens is 4. The maximum Gasteiger partial charge on any atom is 0.416 e. The van der Waals surface area contributed by atoms with E-state index in [1.165, 1.54) is 12.1 Å². The van der Waals surface area contributed by atoms with Gasteiger partial charge >= 0.3 is 12.1 Å². The summed E-state index contributed by atoms with van der Waals surface area (Å²) < 4.78 is 37.9. The van der Waals surface area contributed by atoms with E-state index in [4.69, 9.17) is 16.7 Å². The van der Waals surface area contributed by atoms with Crippen LogP contribution in [0.2, 0.25) is 5.02 Å². The van der Waals surface area contributed by atoms with Crippen molar-refractivity contribution in [1.82, 2.24) is 5.32 Å². The highest BCUT2D eigenvalue weighted by Crippen LogP contribution is 2.29. The molecule has 0 radical (unpaired) electrons. The molecule has 0 aliphatic carbocycles. The molecule has 0 saturated carbocycles. The third-order valence-electron chi connectivity index (χ3n) is 3.80. The summed E-state index contributed by atoms with van der Waals surface area (Å²) in [4.78, 5) is 23.2. The van der Waals surface area contributed by atoms with Gasteiger partial charge in [0.1, 0.15) is 0 Å². The van der Waals surface area contributed by atoms with E-state index < -0.39 is 29.7 Å². The smallest absolute Gasteiger partial charge is 0.416 e. The molecule has 144 valence electrons. The Hall–Kier alpha value is -2.54. The zero-order chi connectivity index (χ0) is 20.0. The standard InChI is InChI=1S/C19H17ClF3NO3/c20-15-3-1-2-13(8-15)10-17(25)24-16(11-18(26)27)9-12-4-6-14(7-5-12)19(21,22)23/h1-8,16H,9-11H2,(H,24,25)(H,26,27)/t16-/m0/s1. The molecular formula is C19H17ClF3NO3. The second-order valence-electron chi connectivity index (χ2n) is 6.07. The second kappa shape index (κ2) is 8.90. The van der Waals surface area contributed by atoms with Crippen molar-refractivity contribution in [2.45, 2.75) is 31.5 Å². The van der Waals surface area contributed by atoms with Gasteiger partial charge in [-0.2, -0.15) is 13.2 Å². The maximum absolute atomic E-state index is 12.6. The van der Waals surface area contributed by atoms with Gasteiger partial charge in [0.2, 0.25) is 5.91 Å². The molecule has 0 spiro atoms. The topological polar surface area (TPSA) is 66.4 Å². The number of carbonyl (C=O) groups is 2. The van der Waals surface area contributed by atoms with Gasteiger partial charge in [0, 0.05) is 11.1 Å². The summed E-state index contributed by atoms with van der Waals surface area (Å²) >= 11 is 5.87. The molecule has 2 N–H and O–H groups in total. The van der Waals surface area contributed by atoms with Crippen molar-refractivity contribution in [2.24, 2.45) is 0 Å². The van der Waals surface area contributed by atoms with Crippen LogP contribution in [0.15, 0.2) is 48.5 Å². The van der Waals surface area contributed by atoms with E-state index in [1.54, 1.807) is 24.3 Å². The van der Waals surface area contributed by atoms with Crippen LogP contribution in [0.25, 0.3) is 0 Å². The van der Waals surface area contributed by atoms with Gasteiger partial charge in [0.15, 0.2) is 0 Å². The average Bonchev–Trinajstić information content (AvgIpc) is 2.53. The van der Waals surface area contributed by atoms with E-state index >= 15 is 0 Å². The number of hydrogen-bond acceptors (Lipinski definition) is 2. The molecule has 0 aromatic heterocycles. The molecular weight excluding hydrogens is 383 g/mol. The molecule has 0 aliphatic rings. The fourth-order valence-corrected chi connectivity index (χ4v) is 2.82. The summed E-state index contributed by atoms with van der Waals surface area (Å²) in [6.07, 6.45) is -4.66. The van der Waals surface area contributed by atoms with E-state index in [1.807, 2.05) is 0 Å². The van der Waals surface area contributed by atoms with E-state index in [-0.39, 0.29) is 19.3 Å². The summed E-state index contributed by atoms with van der Waals surface area (Å²) in [5.41, 5.74) is 0.381. The number of rotatable bonds is 7. The van der Waals surface area contributed by atoms with Gasteiger partial charge in [-0.1, -0.05) is 35.9 Å². The number of hydrogen-bond donors (Lipinski definition) is 2. The van der Waals surface area contributed by atoms with Crippen molar-refractivity contribution >= 4 is 23.5 Å². The Morgan fingerprint density at radius 2 is 1.74 bits per heavy atom. The molecule has 0 bridgehead atoms. The number of benzene rings is 2. The molecule has 0 heterocycles. The first-order valence-electron chi connectivity index (χ1n) is 8.05. The van der Waals surface area contributed by atoms with Crippen LogP contribution in [0.1, 0.15) is 23.1 Å². The Bertz CT molecular complexity index is 807. The Morgan fingerprint density at radius 3 is 2.30 bits per heavy atom. The van der Waals surface area contributed by atoms with E-state index in [0.29, 0.717) is 16.1 Å². The lowest BCUT2D eigenvalue weighted by molar-refractivity contribution is -0.138. The lowest BCUT2D eigenvalue weighted by Gasteiger charge is -2.18. The molecule has 4 nitrogen and oxygen atoms in total. The molecule has 0 fully saturated rings. The summed E-state index contributed by atoms with van der Waals surface area (Å²) in [5, 5.41) is 12.1. The third-order valence-corrected chi connectivity index (χ3v) is 4.04. The summed E-state index contributed by atoms with van der Waals surface area (Å²) in [6, 6.07) is 10.4. The number of carboxylic acid groups (broad SMARTS) is 1. The Balaban J connectivity index is 2.04. The minimum atomic E-state index is -4.44. The van der Waals surface area contributed by atoms with Crippen molar-refractivity contribution < 1.29 is 27.9 Å². The normalized spacial score (nSPS) is 12.4. The second-order valence-corrected chi connectivity index (χ2v) is 6.50. The molecule has 8 heteroatoms. The number of alkyl halides is 3. The zero-order valence-electron chi connectivity index (χ0n) is 14.1. The number of nitrogens with one attached hydrogen (secondary N) is 1. The largest absolute Gasteiger partial charge is 0.481 e. The fourth-order valence-electron chi connectivity index (χ4n) is 2.61. The molecule has 27 heavy (non-hydrogen) atoms. The van der Waals surface area contributed by atoms with Crippen molar-refractivity contribution in [1.29, 1.82) is 0 Å². The Morgan fingerprint density at radius 1 is 1.07 bits per heavy atom. The van der Waals surface area contributed by atoms with E-state index in [9.17, 15) is 22.8 Å². The number of carbonyl (C=O) groups excluding carboxylic acids is 1. The predicted molar refractivity (Wildman–Crippen MR) is 94.5 cm³/mol. The molecule has 2 rings (SSSR count). The molecule has 0 unspecified atom stereocenters. The molecule has 2 aromatic carbocycles. The summed E-state index contributed by atoms with van der Waals surface area (Å²) in [6.45, 7) is 0. The van der Waals surface area contributed by atoms with Gasteiger partial charge in [-0.3, -0.25) is 9.59 Å². The SMILES string of the molecule is O=C(O)C[C@H](Cc1ccc(C(F)(F)F)cc1)NC(=O)Cc1cccc(Cl)c1. The van der Waals surface area contributed by atoms with Crippen LogP contribution in [0, 0.1) is 0 Å². The molecule has 0 aliphatic heterocycles. The van der Waals surface area contributed by atoms with Crippen molar-refractivity contribution in [3.63, 3.8) is 0 Å². The van der Waals surface area contributed by atoms with Crippen LogP contribution in [0.4, 0.5) is 13.2 Å². The minimum Gasteiger partial charge on any atom is -0.481 e. The zero-order valence-corrected chi connectivity index (χ0v) is 14.8. The average molecular weight is 400 g/mol. The van der Waals surface area contributed by atoms with Gasteiger partial charge in [-0.15, -0.1) is 0 Å². The molecule has 1 amide bonds. The van der Waals surface area contributed by atoms with Crippen LogP contribution >= 0.6 is 11.6 Å². The highest BCUT2D eigenvalue weighted by atomic mass is 35.5. The highest BCUT2D eigenvalue weighted by molar-refractivity contribution is 6.30. The fraction of sp³-hybridized carbons (Fsp3) is 0.263. The van der Waals surface area contributed by atoms with Gasteiger partial charge in [-0.25, -0.2) is 0 Å². The van der Waals surface area contributed by atoms with Gasteiger partial charge in [-0.05, 0) is 41.8 Å². The third kappa shape index (κ3) is 6.94. The Labute approximate surface area is 159 Å². The summed E-state index contributed by atoms with van der Waals surface area (Å²) in [7, 11) is 0. The van der Waals surface area contributed by atoms with Crippen LogP contribution in [0.3, 0.4) is 0 Å². The lowest BCUT2D eigenvalue weighted by atomic mass is 10.0. The lowest BCUT2D eigenvalue weighted by Crippen LogP contribution is -2.39. The van der Waals surface area contributed by atoms with Crippen LogP contribution in [-0.2, 0) is 28.6 Å². The highest BCUT2D eigenvalue weighted by Gasteiger charge is 2.30. The number of aliphatic carboxylic acids is 1. The van der Waals surface area contributed by atoms with Crippen molar-refractivity contribution in [3.05, 3.63) is 70.2 Å². The van der Waals surface area contributed by atoms with Gasteiger partial charge in [0.05, 0.1) is 18.4 Å². The van der Waals surface area contributed by atoms with Crippen LogP contribution in [0.5, 0.6) is 0 Å². The predicted octanol–water partition coefficient (Wildman–Crippen LogP) is 4.10. The van der Waals surface area contributed by atoms with Gasteiger partial charge in [0.25, 0.3) is 0 Å². The molecule has 0 saturated heterocycles. The van der Waals surface area contributed by atoms with E-state index in [0.717, 1.165) is 12.1 Å². The van der Waals surface area contributed by atoms with Crippen molar-refractivity contribution in [2.75, 3.05) is 0 Å². The minimum absolute atomic E-state index is 0.0176. The Kier molecular flexibility index (Phi) is 6.85. The summed E-state index contributed by atoms with van der Waals surface area (Å²) in [5.74, 6) is -1.51. The van der Waals surface area contributed by atoms with E-state index in [2.05, 4.69) is 5.32 Å². The number of carboxylic acids is 1. The first-order chi connectivity index (χ1) is 12.6. The number of amides is 1. The monoisotopic (exact) mass is 399 g/mol. The molecule has 1 atom stereocenters. The van der Waals surface area contributed by atoms with Crippen LogP contribution < -0.4 is 5.32 Å².